The molecule has 0 radical (unpaired) electrons. The molecule has 3 atom stereocenters. The van der Waals surface area contributed by atoms with Gasteiger partial charge in [-0.25, -0.2) is 4.31 Å². The fourth-order valence-corrected chi connectivity index (χ4v) is 4.33. The summed E-state index contributed by atoms with van der Waals surface area (Å²) in [6.07, 6.45) is 3.82. The molecule has 1 aromatic carbocycles. The van der Waals surface area contributed by atoms with Gasteiger partial charge in [0.15, 0.2) is 0 Å². The zero-order valence-corrected chi connectivity index (χ0v) is 14.7. The Bertz CT molecular complexity index is 648. The molecular weight excluding hydrogens is 326 g/mol. The molecule has 1 saturated heterocycles. The van der Waals surface area contributed by atoms with Crippen molar-refractivity contribution in [1.82, 2.24) is 4.31 Å². The van der Waals surface area contributed by atoms with Crippen LogP contribution in [-0.2, 0) is 22.4 Å². The number of carbonyl (C=O) groups is 2. The van der Waals surface area contributed by atoms with Crippen molar-refractivity contribution >= 4 is 24.6 Å². The first-order valence-corrected chi connectivity index (χ1v) is 8.76. The zero-order valence-electron chi connectivity index (χ0n) is 13.8. The maximum Gasteiger partial charge on any atom is 0.322 e. The predicted octanol–water partition coefficient (Wildman–Crippen LogP) is 2.38. The lowest BCUT2D eigenvalue weighted by atomic mass is 9.79. The molecule has 3 rings (SSSR count). The monoisotopic (exact) mass is 349 g/mol. The third-order valence-electron chi connectivity index (χ3n) is 5.27. The van der Waals surface area contributed by atoms with Gasteiger partial charge in [-0.05, 0) is 54.9 Å². The number of hydrogen-bond donors (Lipinski definition) is 2. The van der Waals surface area contributed by atoms with E-state index in [0.717, 1.165) is 25.0 Å². The van der Waals surface area contributed by atoms with Gasteiger partial charge in [0.25, 0.3) is 0 Å². The van der Waals surface area contributed by atoms with E-state index in [0.29, 0.717) is 25.3 Å². The fourth-order valence-electron chi connectivity index (χ4n) is 3.96. The van der Waals surface area contributed by atoms with E-state index in [2.05, 4.69) is 24.9 Å². The summed E-state index contributed by atoms with van der Waals surface area (Å²) in [5.74, 6) is -0.158. The van der Waals surface area contributed by atoms with Crippen LogP contribution in [0.3, 0.4) is 0 Å². The number of hydrogen-bond acceptors (Lipinski definition) is 5. The quantitative estimate of drug-likeness (QED) is 0.799. The molecule has 0 saturated carbocycles. The average Bonchev–Trinajstić information content (AvgIpc) is 2.96. The van der Waals surface area contributed by atoms with Gasteiger partial charge in [0, 0.05) is 18.9 Å². The van der Waals surface area contributed by atoms with E-state index in [1.807, 2.05) is 6.07 Å². The molecular formula is C18H23NO4S. The third-order valence-corrected chi connectivity index (χ3v) is 5.72. The van der Waals surface area contributed by atoms with Gasteiger partial charge in [0.05, 0.1) is 7.11 Å². The molecule has 1 aromatic rings. The molecule has 1 aliphatic heterocycles. The molecule has 0 bridgehead atoms. The summed E-state index contributed by atoms with van der Waals surface area (Å²) >= 11 is 4.19. The third kappa shape index (κ3) is 3.44. The summed E-state index contributed by atoms with van der Waals surface area (Å²) in [5, 5.41) is 9.33. The number of aryl methyl sites for hydroxylation is 1. The van der Waals surface area contributed by atoms with Gasteiger partial charge in [-0.1, -0.05) is 18.9 Å². The Labute approximate surface area is 147 Å². The van der Waals surface area contributed by atoms with Crippen LogP contribution in [0.2, 0.25) is 0 Å². The van der Waals surface area contributed by atoms with Crippen LogP contribution in [0.1, 0.15) is 30.4 Å². The number of aliphatic carboxylic acids is 1. The van der Waals surface area contributed by atoms with E-state index < -0.39 is 17.9 Å². The Morgan fingerprint density at radius 2 is 2.12 bits per heavy atom. The van der Waals surface area contributed by atoms with Crippen LogP contribution < -0.4 is 4.74 Å². The second-order valence-corrected chi connectivity index (χ2v) is 7.27. The zero-order chi connectivity index (χ0) is 17.3. The Kier molecular flexibility index (Phi) is 5.15. The van der Waals surface area contributed by atoms with Crippen molar-refractivity contribution in [2.45, 2.75) is 38.1 Å². The van der Waals surface area contributed by atoms with Crippen LogP contribution >= 0.6 is 12.8 Å². The molecule has 2 aliphatic rings. The number of benzene rings is 1. The van der Waals surface area contributed by atoms with Crippen molar-refractivity contribution in [3.05, 3.63) is 29.3 Å². The Morgan fingerprint density at radius 1 is 1.33 bits per heavy atom. The molecule has 6 heteroatoms. The highest BCUT2D eigenvalue weighted by atomic mass is 32.1. The number of thiol groups is 1. The van der Waals surface area contributed by atoms with Crippen LogP contribution in [0.25, 0.3) is 0 Å². The maximum atomic E-state index is 12.6. The van der Waals surface area contributed by atoms with Crippen LogP contribution in [0.5, 0.6) is 5.75 Å². The molecule has 1 fully saturated rings. The van der Waals surface area contributed by atoms with E-state index >= 15 is 0 Å². The van der Waals surface area contributed by atoms with Crippen LogP contribution in [0, 0.1) is 11.8 Å². The van der Waals surface area contributed by atoms with Gasteiger partial charge < -0.3 is 9.84 Å². The Balaban J connectivity index is 1.64. The molecule has 0 aromatic heterocycles. The number of nitrogens with zero attached hydrogens (tertiary/aromatic N) is 1. The van der Waals surface area contributed by atoms with Gasteiger partial charge in [-0.15, -0.1) is 0 Å². The summed E-state index contributed by atoms with van der Waals surface area (Å²) < 4.78 is 6.74. The number of methoxy groups -OCH3 is 1. The number of ether oxygens (including phenoxy) is 1. The van der Waals surface area contributed by atoms with Gasteiger partial charge in [0.1, 0.15) is 17.6 Å². The van der Waals surface area contributed by atoms with E-state index in [1.165, 1.54) is 15.4 Å². The number of rotatable bonds is 5. The summed E-state index contributed by atoms with van der Waals surface area (Å²) in [4.78, 5) is 24.0. The standard InChI is InChI=1S/C18H23NO4S/c1-23-14-5-4-12-8-11(2-3-13(12)10-14)9-16(20)15-6-7-19(24)17(15)18(21)22/h4-5,10-11,15,17,24H,2-3,6-9H2,1H3,(H,21,22)/t11?,15?,17-/m0/s1. The fraction of sp³-hybridized carbons (Fsp3) is 0.556. The molecule has 5 nitrogen and oxygen atoms in total. The summed E-state index contributed by atoms with van der Waals surface area (Å²) in [7, 11) is 1.66. The maximum absolute atomic E-state index is 12.6. The van der Waals surface area contributed by atoms with Crippen molar-refractivity contribution < 1.29 is 19.4 Å². The first-order chi connectivity index (χ1) is 11.5. The molecule has 1 N–H and O–H groups in total. The lowest BCUT2D eigenvalue weighted by Gasteiger charge is -2.26. The lowest BCUT2D eigenvalue weighted by Crippen LogP contribution is -2.38. The highest BCUT2D eigenvalue weighted by Gasteiger charge is 2.42. The highest BCUT2D eigenvalue weighted by molar-refractivity contribution is 7.77. The summed E-state index contributed by atoms with van der Waals surface area (Å²) in [6.45, 7) is 0.545. The van der Waals surface area contributed by atoms with Crippen LogP contribution in [0.15, 0.2) is 18.2 Å². The van der Waals surface area contributed by atoms with Crippen molar-refractivity contribution in [2.24, 2.45) is 11.8 Å². The smallest absolute Gasteiger partial charge is 0.322 e. The number of carbonyl (C=O) groups excluding carboxylic acids is 1. The number of Topliss-reactive ketones (excluding diaryl/α,β-unsaturated/α-hetero) is 1. The predicted molar refractivity (Wildman–Crippen MR) is 93.4 cm³/mol. The van der Waals surface area contributed by atoms with Crippen molar-refractivity contribution in [3.63, 3.8) is 0 Å². The van der Waals surface area contributed by atoms with E-state index in [9.17, 15) is 14.7 Å². The second kappa shape index (κ2) is 7.15. The van der Waals surface area contributed by atoms with E-state index in [1.54, 1.807) is 7.11 Å². The number of ketones is 1. The minimum atomic E-state index is -0.957. The minimum absolute atomic E-state index is 0.0703. The van der Waals surface area contributed by atoms with Gasteiger partial charge >= 0.3 is 5.97 Å². The topological polar surface area (TPSA) is 66.8 Å². The van der Waals surface area contributed by atoms with Gasteiger partial charge in [-0.2, -0.15) is 0 Å². The van der Waals surface area contributed by atoms with Gasteiger partial charge in [0.2, 0.25) is 0 Å². The molecule has 2 unspecified atom stereocenters. The normalized spacial score (nSPS) is 26.8. The van der Waals surface area contributed by atoms with Crippen LogP contribution in [0.4, 0.5) is 0 Å². The van der Waals surface area contributed by atoms with Crippen molar-refractivity contribution in [2.75, 3.05) is 13.7 Å². The second-order valence-electron chi connectivity index (χ2n) is 6.76. The molecule has 24 heavy (non-hydrogen) atoms. The summed E-state index contributed by atoms with van der Waals surface area (Å²) in [6, 6.07) is 5.32. The first kappa shape index (κ1) is 17.3. The van der Waals surface area contributed by atoms with E-state index in [-0.39, 0.29) is 5.78 Å². The molecule has 1 aliphatic carbocycles. The SMILES string of the molecule is COc1ccc2c(c1)CCC(CC(=O)C1CCN(S)[C@@H]1C(=O)O)C2. The first-order valence-electron chi connectivity index (χ1n) is 8.36. The van der Waals surface area contributed by atoms with Crippen molar-refractivity contribution in [1.29, 1.82) is 0 Å². The lowest BCUT2D eigenvalue weighted by molar-refractivity contribution is -0.144. The average molecular weight is 349 g/mol. The Hall–Kier alpha value is -1.53. The number of carboxylic acid groups (broad SMARTS) is 1. The molecule has 130 valence electrons. The molecule has 1 heterocycles. The van der Waals surface area contributed by atoms with Crippen molar-refractivity contribution in [3.8, 4) is 5.75 Å². The van der Waals surface area contributed by atoms with Gasteiger partial charge in [-0.3, -0.25) is 9.59 Å². The number of carboxylic acids is 1. The van der Waals surface area contributed by atoms with E-state index in [4.69, 9.17) is 4.74 Å². The highest BCUT2D eigenvalue weighted by Crippen LogP contribution is 2.33. The largest absolute Gasteiger partial charge is 0.497 e. The number of fused-ring (bicyclic) bond motifs is 1. The molecule has 0 spiro atoms. The Morgan fingerprint density at radius 3 is 2.83 bits per heavy atom. The minimum Gasteiger partial charge on any atom is -0.497 e. The summed E-state index contributed by atoms with van der Waals surface area (Å²) in [5.41, 5.74) is 2.57. The molecule has 0 amide bonds. The van der Waals surface area contributed by atoms with Crippen LogP contribution in [-0.4, -0.2) is 40.9 Å².